The highest BCUT2D eigenvalue weighted by Gasteiger charge is 2.13. The summed E-state index contributed by atoms with van der Waals surface area (Å²) in [6.07, 6.45) is 0.787. The van der Waals surface area contributed by atoms with Crippen molar-refractivity contribution >= 4 is 39.4 Å². The Bertz CT molecular complexity index is 877. The Kier molecular flexibility index (Phi) is 5.79. The van der Waals surface area contributed by atoms with Crippen molar-refractivity contribution in [3.63, 3.8) is 0 Å². The van der Waals surface area contributed by atoms with Gasteiger partial charge in [-0.15, -0.1) is 21.5 Å². The lowest BCUT2D eigenvalue weighted by atomic mass is 10.1. The van der Waals surface area contributed by atoms with E-state index in [-0.39, 0.29) is 5.91 Å². The number of thiazole rings is 1. The molecule has 0 unspecified atom stereocenters. The van der Waals surface area contributed by atoms with Gasteiger partial charge in [-0.1, -0.05) is 11.3 Å². The quantitative estimate of drug-likeness (QED) is 0.668. The summed E-state index contributed by atoms with van der Waals surface area (Å²) in [6, 6.07) is 5.47. The van der Waals surface area contributed by atoms with E-state index < -0.39 is 0 Å². The predicted octanol–water partition coefficient (Wildman–Crippen LogP) is 3.24. The van der Waals surface area contributed by atoms with Gasteiger partial charge in [0.25, 0.3) is 5.91 Å². The van der Waals surface area contributed by atoms with Crippen molar-refractivity contribution in [2.24, 2.45) is 0 Å². The van der Waals surface area contributed by atoms with Crippen LogP contribution in [0.15, 0.2) is 29.2 Å². The zero-order chi connectivity index (χ0) is 18.5. The van der Waals surface area contributed by atoms with Gasteiger partial charge in [-0.25, -0.2) is 4.98 Å². The molecule has 0 aliphatic rings. The molecule has 2 heterocycles. The van der Waals surface area contributed by atoms with E-state index in [1.807, 2.05) is 43.6 Å². The van der Waals surface area contributed by atoms with Crippen LogP contribution in [0, 0.1) is 6.92 Å². The van der Waals surface area contributed by atoms with Gasteiger partial charge in [0, 0.05) is 42.7 Å². The van der Waals surface area contributed by atoms with Crippen LogP contribution in [0.5, 0.6) is 5.75 Å². The molecule has 1 aromatic carbocycles. The molecule has 7 nitrogen and oxygen atoms in total. The first-order valence-electron chi connectivity index (χ1n) is 7.94. The summed E-state index contributed by atoms with van der Waals surface area (Å²) in [5.41, 5.74) is 5.85. The Morgan fingerprint density at radius 1 is 1.23 bits per heavy atom. The summed E-state index contributed by atoms with van der Waals surface area (Å²) < 4.78 is 5.90. The van der Waals surface area contributed by atoms with Gasteiger partial charge in [0.2, 0.25) is 5.13 Å². The minimum absolute atomic E-state index is 0.242. The minimum Gasteiger partial charge on any atom is -0.493 e. The highest BCUT2D eigenvalue weighted by Crippen LogP contribution is 2.24. The van der Waals surface area contributed by atoms with E-state index in [0.29, 0.717) is 23.1 Å². The number of aromatic nitrogens is 3. The lowest BCUT2D eigenvalue weighted by Gasteiger charge is -2.16. The molecule has 3 aromatic rings. The summed E-state index contributed by atoms with van der Waals surface area (Å²) >= 11 is 2.90. The number of benzene rings is 1. The van der Waals surface area contributed by atoms with Crippen molar-refractivity contribution in [1.82, 2.24) is 15.2 Å². The standard InChI is InChI=1S/C17H19N5O2S2/c1-11-15(25-9-18-11)4-5-24-14-7-12(6-13(8-14)22(2)3)16(23)20-17-21-19-10-26-17/h6-10H,4-5H2,1-3H3,(H,20,21,23). The molecule has 1 N–H and O–H groups in total. The molecule has 0 radical (unpaired) electrons. The Balaban J connectivity index is 1.73. The fourth-order valence-corrected chi connectivity index (χ4v) is 3.48. The lowest BCUT2D eigenvalue weighted by Crippen LogP contribution is -2.15. The Hall–Kier alpha value is -2.52. The van der Waals surface area contributed by atoms with Crippen molar-refractivity contribution in [2.75, 3.05) is 30.9 Å². The van der Waals surface area contributed by atoms with E-state index in [1.165, 1.54) is 16.2 Å². The molecule has 0 aliphatic carbocycles. The molecular formula is C17H19N5O2S2. The third kappa shape index (κ3) is 4.55. The first kappa shape index (κ1) is 18.3. The van der Waals surface area contributed by atoms with E-state index in [9.17, 15) is 4.79 Å². The fourth-order valence-electron chi connectivity index (χ4n) is 2.28. The van der Waals surface area contributed by atoms with Crippen LogP contribution in [0.1, 0.15) is 20.9 Å². The molecule has 26 heavy (non-hydrogen) atoms. The van der Waals surface area contributed by atoms with Gasteiger partial charge in [-0.05, 0) is 19.1 Å². The molecule has 136 valence electrons. The summed E-state index contributed by atoms with van der Waals surface area (Å²) in [5.74, 6) is 0.411. The molecule has 0 fully saturated rings. The van der Waals surface area contributed by atoms with Crippen molar-refractivity contribution < 1.29 is 9.53 Å². The zero-order valence-electron chi connectivity index (χ0n) is 14.7. The minimum atomic E-state index is -0.242. The SMILES string of the molecule is Cc1ncsc1CCOc1cc(C(=O)Nc2nncs2)cc(N(C)C)c1. The van der Waals surface area contributed by atoms with Gasteiger partial charge in [0.1, 0.15) is 11.3 Å². The maximum absolute atomic E-state index is 12.5. The topological polar surface area (TPSA) is 80.2 Å². The van der Waals surface area contributed by atoms with Crippen LogP contribution in [0.3, 0.4) is 0 Å². The maximum Gasteiger partial charge on any atom is 0.257 e. The van der Waals surface area contributed by atoms with Crippen molar-refractivity contribution in [2.45, 2.75) is 13.3 Å². The molecule has 2 aromatic heterocycles. The van der Waals surface area contributed by atoms with Crippen LogP contribution in [0.4, 0.5) is 10.8 Å². The molecule has 0 atom stereocenters. The lowest BCUT2D eigenvalue weighted by molar-refractivity contribution is 0.102. The van der Waals surface area contributed by atoms with Gasteiger partial charge in [0.15, 0.2) is 0 Å². The zero-order valence-corrected chi connectivity index (χ0v) is 16.4. The van der Waals surface area contributed by atoms with E-state index in [0.717, 1.165) is 17.8 Å². The number of carbonyl (C=O) groups is 1. The summed E-state index contributed by atoms with van der Waals surface area (Å²) in [6.45, 7) is 2.52. The number of anilines is 2. The smallest absolute Gasteiger partial charge is 0.257 e. The van der Waals surface area contributed by atoms with E-state index in [4.69, 9.17) is 4.74 Å². The molecule has 0 saturated carbocycles. The fraction of sp³-hybridized carbons (Fsp3) is 0.294. The Labute approximate surface area is 159 Å². The number of nitrogens with one attached hydrogen (secondary N) is 1. The Morgan fingerprint density at radius 3 is 2.73 bits per heavy atom. The average molecular weight is 390 g/mol. The summed E-state index contributed by atoms with van der Waals surface area (Å²) in [4.78, 5) is 19.9. The Morgan fingerprint density at radius 2 is 2.08 bits per heavy atom. The average Bonchev–Trinajstić information content (AvgIpc) is 3.27. The summed E-state index contributed by atoms with van der Waals surface area (Å²) in [7, 11) is 3.85. The van der Waals surface area contributed by atoms with Crippen molar-refractivity contribution in [3.8, 4) is 5.75 Å². The number of hydrogen-bond donors (Lipinski definition) is 1. The highest BCUT2D eigenvalue weighted by atomic mass is 32.1. The molecule has 1 amide bonds. The van der Waals surface area contributed by atoms with Gasteiger partial charge >= 0.3 is 0 Å². The number of amides is 1. The predicted molar refractivity (Wildman–Crippen MR) is 105 cm³/mol. The van der Waals surface area contributed by atoms with E-state index >= 15 is 0 Å². The van der Waals surface area contributed by atoms with Crippen LogP contribution in [-0.2, 0) is 6.42 Å². The van der Waals surface area contributed by atoms with Gasteiger partial charge in [-0.2, -0.15) is 0 Å². The largest absolute Gasteiger partial charge is 0.493 e. The van der Waals surface area contributed by atoms with Gasteiger partial charge in [0.05, 0.1) is 17.8 Å². The highest BCUT2D eigenvalue weighted by molar-refractivity contribution is 7.13. The molecule has 0 saturated heterocycles. The second kappa shape index (κ2) is 8.24. The molecule has 3 rings (SSSR count). The van der Waals surface area contributed by atoms with E-state index in [1.54, 1.807) is 22.9 Å². The molecule has 0 aliphatic heterocycles. The van der Waals surface area contributed by atoms with Crippen molar-refractivity contribution in [3.05, 3.63) is 45.4 Å². The number of nitrogens with zero attached hydrogens (tertiary/aromatic N) is 4. The molecule has 0 spiro atoms. The van der Waals surface area contributed by atoms with Crippen LogP contribution in [0.2, 0.25) is 0 Å². The van der Waals surface area contributed by atoms with Crippen LogP contribution < -0.4 is 15.0 Å². The van der Waals surface area contributed by atoms with Crippen LogP contribution in [0.25, 0.3) is 0 Å². The normalized spacial score (nSPS) is 10.6. The van der Waals surface area contributed by atoms with Crippen LogP contribution in [-0.4, -0.2) is 41.8 Å². The third-order valence-electron chi connectivity index (χ3n) is 3.69. The van der Waals surface area contributed by atoms with Gasteiger partial charge in [-0.3, -0.25) is 10.1 Å². The second-order valence-corrected chi connectivity index (χ2v) is 7.54. The van der Waals surface area contributed by atoms with E-state index in [2.05, 4.69) is 20.5 Å². The summed E-state index contributed by atoms with van der Waals surface area (Å²) in [5, 5.41) is 10.8. The number of rotatable bonds is 7. The van der Waals surface area contributed by atoms with Crippen LogP contribution >= 0.6 is 22.7 Å². The third-order valence-corrected chi connectivity index (χ3v) is 5.29. The molecular weight excluding hydrogens is 370 g/mol. The molecule has 0 bridgehead atoms. The van der Waals surface area contributed by atoms with Crippen molar-refractivity contribution in [1.29, 1.82) is 0 Å². The number of hydrogen-bond acceptors (Lipinski definition) is 8. The number of aryl methyl sites for hydroxylation is 1. The maximum atomic E-state index is 12.5. The number of ether oxygens (including phenoxy) is 1. The van der Waals surface area contributed by atoms with Gasteiger partial charge < -0.3 is 9.64 Å². The molecule has 9 heteroatoms. The first-order valence-corrected chi connectivity index (χ1v) is 9.70. The monoisotopic (exact) mass is 389 g/mol. The number of carbonyl (C=O) groups excluding carboxylic acids is 1. The first-order chi connectivity index (χ1) is 12.5. The second-order valence-electron chi connectivity index (χ2n) is 5.77.